The van der Waals surface area contributed by atoms with Gasteiger partial charge in [0.25, 0.3) is 0 Å². The standard InChI is InChI=1S/C14H21ClN2O/c1-16-11-14(18)5-7-17(8-6-14)10-12-3-2-4-13(15)9-12/h2-4,9,16,18H,5-8,10-11H2,1H3. The molecule has 1 aliphatic rings. The van der Waals surface area contributed by atoms with Gasteiger partial charge in [0, 0.05) is 31.2 Å². The molecule has 4 heteroatoms. The lowest BCUT2D eigenvalue weighted by molar-refractivity contribution is -0.0203. The summed E-state index contributed by atoms with van der Waals surface area (Å²) in [6.07, 6.45) is 1.66. The fourth-order valence-electron chi connectivity index (χ4n) is 2.53. The van der Waals surface area contributed by atoms with Crippen molar-refractivity contribution in [2.45, 2.75) is 25.0 Å². The molecule has 1 aromatic rings. The predicted molar refractivity (Wildman–Crippen MR) is 74.8 cm³/mol. The first-order chi connectivity index (χ1) is 8.61. The molecule has 0 spiro atoms. The van der Waals surface area contributed by atoms with Crippen molar-refractivity contribution in [3.8, 4) is 0 Å². The van der Waals surface area contributed by atoms with Crippen LogP contribution in [-0.2, 0) is 6.54 Å². The van der Waals surface area contributed by atoms with Crippen LogP contribution in [0.2, 0.25) is 5.02 Å². The van der Waals surface area contributed by atoms with E-state index in [1.807, 2.05) is 25.2 Å². The fourth-order valence-corrected chi connectivity index (χ4v) is 2.74. The fraction of sp³-hybridized carbons (Fsp3) is 0.571. The van der Waals surface area contributed by atoms with Crippen LogP contribution in [0.25, 0.3) is 0 Å². The van der Waals surface area contributed by atoms with Gasteiger partial charge in [0.15, 0.2) is 0 Å². The second-order valence-corrected chi connectivity index (χ2v) is 5.60. The number of halogens is 1. The molecule has 0 unspecified atom stereocenters. The van der Waals surface area contributed by atoms with E-state index in [1.165, 1.54) is 5.56 Å². The quantitative estimate of drug-likeness (QED) is 0.875. The van der Waals surface area contributed by atoms with Crippen molar-refractivity contribution in [3.05, 3.63) is 34.9 Å². The first kappa shape index (κ1) is 13.8. The van der Waals surface area contributed by atoms with Gasteiger partial charge in [-0.25, -0.2) is 0 Å². The maximum Gasteiger partial charge on any atom is 0.0795 e. The lowest BCUT2D eigenvalue weighted by atomic mass is 9.91. The molecule has 0 saturated carbocycles. The molecule has 0 aromatic heterocycles. The van der Waals surface area contributed by atoms with Crippen LogP contribution in [0.4, 0.5) is 0 Å². The monoisotopic (exact) mass is 268 g/mol. The Labute approximate surface area is 114 Å². The number of hydrogen-bond donors (Lipinski definition) is 2. The Hall–Kier alpha value is -0.610. The highest BCUT2D eigenvalue weighted by molar-refractivity contribution is 6.30. The Bertz CT molecular complexity index is 389. The van der Waals surface area contributed by atoms with Gasteiger partial charge in [-0.05, 0) is 37.6 Å². The molecule has 1 saturated heterocycles. The minimum absolute atomic E-state index is 0.528. The van der Waals surface area contributed by atoms with E-state index in [0.717, 1.165) is 37.5 Å². The first-order valence-electron chi connectivity index (χ1n) is 6.45. The first-order valence-corrected chi connectivity index (χ1v) is 6.83. The Morgan fingerprint density at radius 1 is 1.39 bits per heavy atom. The molecule has 18 heavy (non-hydrogen) atoms. The third-order valence-corrected chi connectivity index (χ3v) is 3.82. The van der Waals surface area contributed by atoms with Crippen LogP contribution in [0.15, 0.2) is 24.3 Å². The summed E-state index contributed by atoms with van der Waals surface area (Å²) in [5.74, 6) is 0. The Morgan fingerprint density at radius 3 is 2.72 bits per heavy atom. The third kappa shape index (κ3) is 3.69. The van der Waals surface area contributed by atoms with Gasteiger partial charge >= 0.3 is 0 Å². The van der Waals surface area contributed by atoms with E-state index in [-0.39, 0.29) is 0 Å². The van der Waals surface area contributed by atoms with Crippen LogP contribution in [0.1, 0.15) is 18.4 Å². The molecule has 0 bridgehead atoms. The van der Waals surface area contributed by atoms with Crippen molar-refractivity contribution in [1.29, 1.82) is 0 Å². The van der Waals surface area contributed by atoms with Crippen molar-refractivity contribution >= 4 is 11.6 Å². The number of likely N-dealkylation sites (N-methyl/N-ethyl adjacent to an activating group) is 1. The lowest BCUT2D eigenvalue weighted by Crippen LogP contribution is -2.49. The highest BCUT2D eigenvalue weighted by Crippen LogP contribution is 2.23. The normalized spacial score (nSPS) is 19.9. The SMILES string of the molecule is CNCC1(O)CCN(Cc2cccc(Cl)c2)CC1. The molecule has 2 N–H and O–H groups in total. The molecule has 100 valence electrons. The zero-order valence-electron chi connectivity index (χ0n) is 10.8. The summed E-state index contributed by atoms with van der Waals surface area (Å²) in [5.41, 5.74) is 0.709. The minimum Gasteiger partial charge on any atom is -0.388 e. The second-order valence-electron chi connectivity index (χ2n) is 5.16. The molecular weight excluding hydrogens is 248 g/mol. The van der Waals surface area contributed by atoms with Crippen LogP contribution >= 0.6 is 11.6 Å². The number of benzene rings is 1. The molecule has 1 fully saturated rings. The number of rotatable bonds is 4. The highest BCUT2D eigenvalue weighted by atomic mass is 35.5. The van der Waals surface area contributed by atoms with Crippen LogP contribution in [0, 0.1) is 0 Å². The van der Waals surface area contributed by atoms with Crippen LogP contribution < -0.4 is 5.32 Å². The summed E-state index contributed by atoms with van der Waals surface area (Å²) >= 11 is 5.98. The number of aliphatic hydroxyl groups is 1. The average molecular weight is 269 g/mol. The Morgan fingerprint density at radius 2 is 2.11 bits per heavy atom. The van der Waals surface area contributed by atoms with E-state index in [0.29, 0.717) is 6.54 Å². The van der Waals surface area contributed by atoms with Gasteiger partial charge in [0.05, 0.1) is 5.60 Å². The Kier molecular flexibility index (Phi) is 4.62. The molecule has 1 aromatic carbocycles. The molecule has 2 rings (SSSR count). The number of nitrogens with one attached hydrogen (secondary N) is 1. The van der Waals surface area contributed by atoms with Gasteiger partial charge < -0.3 is 10.4 Å². The van der Waals surface area contributed by atoms with E-state index < -0.39 is 5.60 Å². The predicted octanol–water partition coefficient (Wildman–Crippen LogP) is 1.89. The number of likely N-dealkylation sites (tertiary alicyclic amines) is 1. The summed E-state index contributed by atoms with van der Waals surface area (Å²) < 4.78 is 0. The summed E-state index contributed by atoms with van der Waals surface area (Å²) in [4.78, 5) is 2.37. The zero-order chi connectivity index (χ0) is 13.0. The highest BCUT2D eigenvalue weighted by Gasteiger charge is 2.31. The number of nitrogens with zero attached hydrogens (tertiary/aromatic N) is 1. The lowest BCUT2D eigenvalue weighted by Gasteiger charge is -2.38. The summed E-state index contributed by atoms with van der Waals surface area (Å²) in [6.45, 7) is 3.46. The largest absolute Gasteiger partial charge is 0.388 e. The molecular formula is C14H21ClN2O. The van der Waals surface area contributed by atoms with E-state index in [4.69, 9.17) is 11.6 Å². The maximum absolute atomic E-state index is 10.3. The topological polar surface area (TPSA) is 35.5 Å². The van der Waals surface area contributed by atoms with Crippen LogP contribution in [-0.4, -0.2) is 42.3 Å². The van der Waals surface area contributed by atoms with Gasteiger partial charge in [0.2, 0.25) is 0 Å². The van der Waals surface area contributed by atoms with Crippen LogP contribution in [0.5, 0.6) is 0 Å². The van der Waals surface area contributed by atoms with Gasteiger partial charge in [-0.2, -0.15) is 0 Å². The van der Waals surface area contributed by atoms with Crippen molar-refractivity contribution in [2.24, 2.45) is 0 Å². The van der Waals surface area contributed by atoms with E-state index >= 15 is 0 Å². The Balaban J connectivity index is 1.87. The van der Waals surface area contributed by atoms with Gasteiger partial charge in [-0.3, -0.25) is 4.90 Å². The van der Waals surface area contributed by atoms with Gasteiger partial charge in [0.1, 0.15) is 0 Å². The average Bonchev–Trinajstić information content (AvgIpc) is 2.33. The molecule has 0 amide bonds. The summed E-state index contributed by atoms with van der Waals surface area (Å²) in [7, 11) is 1.89. The maximum atomic E-state index is 10.3. The van der Waals surface area contributed by atoms with Gasteiger partial charge in [-0.1, -0.05) is 23.7 Å². The van der Waals surface area contributed by atoms with Crippen molar-refractivity contribution in [3.63, 3.8) is 0 Å². The molecule has 1 heterocycles. The smallest absolute Gasteiger partial charge is 0.0795 e. The minimum atomic E-state index is -0.528. The van der Waals surface area contributed by atoms with Crippen molar-refractivity contribution < 1.29 is 5.11 Å². The van der Waals surface area contributed by atoms with E-state index in [9.17, 15) is 5.11 Å². The second kappa shape index (κ2) is 6.02. The molecule has 3 nitrogen and oxygen atoms in total. The van der Waals surface area contributed by atoms with E-state index in [1.54, 1.807) is 0 Å². The van der Waals surface area contributed by atoms with Crippen LogP contribution in [0.3, 0.4) is 0 Å². The van der Waals surface area contributed by atoms with E-state index in [2.05, 4.69) is 16.3 Å². The molecule has 0 radical (unpaired) electrons. The number of piperidine rings is 1. The van der Waals surface area contributed by atoms with Gasteiger partial charge in [-0.15, -0.1) is 0 Å². The summed E-state index contributed by atoms with van der Waals surface area (Å²) in [5, 5.41) is 14.1. The van der Waals surface area contributed by atoms with Crippen molar-refractivity contribution in [1.82, 2.24) is 10.2 Å². The number of hydrogen-bond acceptors (Lipinski definition) is 3. The van der Waals surface area contributed by atoms with Crippen molar-refractivity contribution in [2.75, 3.05) is 26.7 Å². The molecule has 0 atom stereocenters. The molecule has 1 aliphatic heterocycles. The third-order valence-electron chi connectivity index (χ3n) is 3.59. The zero-order valence-corrected chi connectivity index (χ0v) is 11.6. The molecule has 0 aliphatic carbocycles. The summed E-state index contributed by atoms with van der Waals surface area (Å²) in [6, 6.07) is 7.99.